The van der Waals surface area contributed by atoms with Gasteiger partial charge in [-0.3, -0.25) is 4.99 Å². The Labute approximate surface area is 68.7 Å². The van der Waals surface area contributed by atoms with E-state index < -0.39 is 0 Å². The molecule has 0 amide bonds. The van der Waals surface area contributed by atoms with E-state index in [1.54, 1.807) is 6.20 Å². The fraction of sp³-hybridized carbons (Fsp3) is 0.444. The van der Waals surface area contributed by atoms with E-state index in [9.17, 15) is 0 Å². The quantitative estimate of drug-likeness (QED) is 0.471. The number of hydrogen-bond acceptors (Lipinski definition) is 2. The Bertz CT molecular complexity index is 157. The second kappa shape index (κ2) is 7.22. The first-order valence-electron chi connectivity index (χ1n) is 3.83. The Hall–Kier alpha value is -0.890. The molecule has 62 valence electrons. The molecule has 0 rings (SSSR count). The number of allylic oxidation sites excluding steroid dienone is 1. The number of nitrogens with one attached hydrogen (secondary N) is 1. The van der Waals surface area contributed by atoms with Crippen LogP contribution in [0.4, 0.5) is 0 Å². The lowest BCUT2D eigenvalue weighted by Crippen LogP contribution is -2.15. The zero-order valence-corrected chi connectivity index (χ0v) is 7.30. The minimum atomic E-state index is 0.902. The zero-order chi connectivity index (χ0) is 8.53. The number of likely N-dealkylation sites (N-methyl/N-ethyl adjacent to an activating group) is 1. The molecule has 0 aliphatic rings. The Morgan fingerprint density at radius 3 is 2.82 bits per heavy atom. The van der Waals surface area contributed by atoms with Gasteiger partial charge in [0.1, 0.15) is 0 Å². The van der Waals surface area contributed by atoms with Crippen molar-refractivity contribution in [2.24, 2.45) is 4.99 Å². The molecule has 0 spiro atoms. The first-order valence-corrected chi connectivity index (χ1v) is 3.83. The molecule has 11 heavy (non-hydrogen) atoms. The smallest absolute Gasteiger partial charge is 0.0263 e. The maximum Gasteiger partial charge on any atom is 0.0263 e. The van der Waals surface area contributed by atoms with Crippen LogP contribution < -0.4 is 5.32 Å². The molecule has 0 fully saturated rings. The first-order chi connectivity index (χ1) is 5.35. The van der Waals surface area contributed by atoms with Gasteiger partial charge in [-0.2, -0.15) is 0 Å². The molecule has 0 aliphatic carbocycles. The highest BCUT2D eigenvalue weighted by atomic mass is 14.8. The number of aliphatic imine (C=N–C) groups is 1. The average Bonchev–Trinajstić information content (AvgIpc) is 2.05. The van der Waals surface area contributed by atoms with Crippen LogP contribution in [-0.4, -0.2) is 19.8 Å². The third-order valence-corrected chi connectivity index (χ3v) is 1.34. The summed E-state index contributed by atoms with van der Waals surface area (Å²) in [4.78, 5) is 3.63. The molecule has 0 saturated carbocycles. The molecule has 0 heterocycles. The molecule has 0 atom stereocenters. The zero-order valence-electron chi connectivity index (χ0n) is 7.30. The maximum atomic E-state index is 3.63. The molecular weight excluding hydrogens is 136 g/mol. The Kier molecular flexibility index (Phi) is 6.64. The van der Waals surface area contributed by atoms with Crippen molar-refractivity contribution < 1.29 is 0 Å². The summed E-state index contributed by atoms with van der Waals surface area (Å²) in [6.07, 6.45) is 5.71. The molecule has 0 aliphatic heterocycles. The van der Waals surface area contributed by atoms with Gasteiger partial charge in [0, 0.05) is 12.7 Å². The highest BCUT2D eigenvalue weighted by molar-refractivity contribution is 5.28. The second-order valence-corrected chi connectivity index (χ2v) is 2.14. The lowest BCUT2D eigenvalue weighted by molar-refractivity contribution is 0.784. The van der Waals surface area contributed by atoms with Gasteiger partial charge in [0.15, 0.2) is 0 Å². The predicted molar refractivity (Wildman–Crippen MR) is 51.0 cm³/mol. The summed E-state index contributed by atoms with van der Waals surface area (Å²) < 4.78 is 0. The summed E-state index contributed by atoms with van der Waals surface area (Å²) in [5, 5.41) is 3.23. The standard InChI is InChI=1S/C9H16N2/c1-4-9(6-7-10-3)8-11-5-2/h4,6-7,11H,3,5,8H2,1-2H3/b7-6-,9-4+. The van der Waals surface area contributed by atoms with Gasteiger partial charge in [0.25, 0.3) is 0 Å². The van der Waals surface area contributed by atoms with E-state index in [4.69, 9.17) is 0 Å². The number of hydrogen-bond donors (Lipinski definition) is 1. The lowest BCUT2D eigenvalue weighted by Gasteiger charge is -2.00. The maximum absolute atomic E-state index is 3.63. The average molecular weight is 152 g/mol. The van der Waals surface area contributed by atoms with Crippen LogP contribution >= 0.6 is 0 Å². The molecular formula is C9H16N2. The van der Waals surface area contributed by atoms with Crippen molar-refractivity contribution in [1.29, 1.82) is 0 Å². The Balaban J connectivity index is 3.77. The van der Waals surface area contributed by atoms with Crippen molar-refractivity contribution >= 4 is 6.72 Å². The molecule has 2 heteroatoms. The minimum Gasteiger partial charge on any atom is -0.313 e. The molecule has 0 bridgehead atoms. The first kappa shape index (κ1) is 10.1. The Morgan fingerprint density at radius 2 is 2.36 bits per heavy atom. The third kappa shape index (κ3) is 5.55. The van der Waals surface area contributed by atoms with Crippen LogP contribution in [0.3, 0.4) is 0 Å². The van der Waals surface area contributed by atoms with Crippen LogP contribution in [0.1, 0.15) is 13.8 Å². The highest BCUT2D eigenvalue weighted by Gasteiger charge is 1.86. The Morgan fingerprint density at radius 1 is 1.64 bits per heavy atom. The molecule has 0 radical (unpaired) electrons. The molecule has 0 saturated heterocycles. The van der Waals surface area contributed by atoms with E-state index in [-0.39, 0.29) is 0 Å². The molecule has 0 unspecified atom stereocenters. The molecule has 2 nitrogen and oxygen atoms in total. The van der Waals surface area contributed by atoms with Crippen LogP contribution in [-0.2, 0) is 0 Å². The monoisotopic (exact) mass is 152 g/mol. The molecule has 0 aromatic carbocycles. The van der Waals surface area contributed by atoms with Crippen molar-refractivity contribution in [3.63, 3.8) is 0 Å². The van der Waals surface area contributed by atoms with Crippen LogP contribution in [0.15, 0.2) is 28.9 Å². The summed E-state index contributed by atoms with van der Waals surface area (Å²) in [5.74, 6) is 0. The summed E-state index contributed by atoms with van der Waals surface area (Å²) in [5.41, 5.74) is 1.24. The van der Waals surface area contributed by atoms with Crippen LogP contribution in [0.25, 0.3) is 0 Å². The van der Waals surface area contributed by atoms with Gasteiger partial charge in [-0.1, -0.05) is 13.0 Å². The largest absolute Gasteiger partial charge is 0.313 e. The van der Waals surface area contributed by atoms with Crippen LogP contribution in [0.2, 0.25) is 0 Å². The van der Waals surface area contributed by atoms with E-state index >= 15 is 0 Å². The van der Waals surface area contributed by atoms with Gasteiger partial charge in [0.2, 0.25) is 0 Å². The predicted octanol–water partition coefficient (Wildman–Crippen LogP) is 1.76. The van der Waals surface area contributed by atoms with E-state index in [0.29, 0.717) is 0 Å². The summed E-state index contributed by atoms with van der Waals surface area (Å²) in [7, 11) is 0. The second-order valence-electron chi connectivity index (χ2n) is 2.14. The van der Waals surface area contributed by atoms with Crippen LogP contribution in [0, 0.1) is 0 Å². The number of rotatable bonds is 5. The van der Waals surface area contributed by atoms with Gasteiger partial charge < -0.3 is 5.32 Å². The van der Waals surface area contributed by atoms with E-state index in [1.165, 1.54) is 5.57 Å². The van der Waals surface area contributed by atoms with Gasteiger partial charge >= 0.3 is 0 Å². The van der Waals surface area contributed by atoms with Crippen molar-refractivity contribution in [3.8, 4) is 0 Å². The SMILES string of the molecule is C=N/C=C\C(=C/C)CNCC. The summed E-state index contributed by atoms with van der Waals surface area (Å²) in [6, 6.07) is 0. The van der Waals surface area contributed by atoms with Crippen molar-refractivity contribution in [3.05, 3.63) is 23.9 Å². The third-order valence-electron chi connectivity index (χ3n) is 1.34. The van der Waals surface area contributed by atoms with Gasteiger partial charge in [0.05, 0.1) is 0 Å². The van der Waals surface area contributed by atoms with E-state index in [1.807, 2.05) is 13.0 Å². The fourth-order valence-electron chi connectivity index (χ4n) is 0.675. The lowest BCUT2D eigenvalue weighted by atomic mass is 10.2. The van der Waals surface area contributed by atoms with E-state index in [2.05, 4.69) is 30.0 Å². The fourth-order valence-corrected chi connectivity index (χ4v) is 0.675. The topological polar surface area (TPSA) is 24.4 Å². The molecule has 0 aromatic heterocycles. The van der Waals surface area contributed by atoms with Gasteiger partial charge in [-0.25, -0.2) is 0 Å². The van der Waals surface area contributed by atoms with Crippen molar-refractivity contribution in [2.75, 3.05) is 13.1 Å². The van der Waals surface area contributed by atoms with Crippen molar-refractivity contribution in [2.45, 2.75) is 13.8 Å². The van der Waals surface area contributed by atoms with Gasteiger partial charge in [-0.05, 0) is 31.8 Å². The minimum absolute atomic E-state index is 0.902. The molecule has 1 N–H and O–H groups in total. The summed E-state index contributed by atoms with van der Waals surface area (Å²) in [6.45, 7) is 9.36. The van der Waals surface area contributed by atoms with Crippen LogP contribution in [0.5, 0.6) is 0 Å². The highest BCUT2D eigenvalue weighted by Crippen LogP contribution is 1.94. The van der Waals surface area contributed by atoms with Gasteiger partial charge in [-0.15, -0.1) is 0 Å². The normalized spacial score (nSPS) is 12.4. The van der Waals surface area contributed by atoms with Crippen molar-refractivity contribution in [1.82, 2.24) is 5.32 Å². The summed E-state index contributed by atoms with van der Waals surface area (Å²) >= 11 is 0. The molecule has 0 aromatic rings. The van der Waals surface area contributed by atoms with E-state index in [0.717, 1.165) is 13.1 Å². The number of nitrogens with zero attached hydrogens (tertiary/aromatic N) is 1.